The summed E-state index contributed by atoms with van der Waals surface area (Å²) in [5, 5.41) is 1.36. The number of hydrogen-bond acceptors (Lipinski definition) is 5. The second kappa shape index (κ2) is 8.83. The lowest BCUT2D eigenvalue weighted by molar-refractivity contribution is 0.102. The number of thioether (sulfide) groups is 1. The summed E-state index contributed by atoms with van der Waals surface area (Å²) >= 11 is 1.27. The molecule has 0 unspecified atom stereocenters. The Labute approximate surface area is 200 Å². The maximum Gasteiger partial charge on any atom is 0.283 e. The van der Waals surface area contributed by atoms with Gasteiger partial charge in [-0.1, -0.05) is 42.1 Å². The number of H-pyrrole nitrogens is 1. The number of hydrogen-bond donors (Lipinski definition) is 1. The van der Waals surface area contributed by atoms with Crippen LogP contribution in [0.4, 0.5) is 0 Å². The molecule has 0 saturated carbocycles. The van der Waals surface area contributed by atoms with Crippen LogP contribution in [0.1, 0.15) is 21.5 Å². The Hall–Kier alpha value is -3.84. The Bertz CT molecular complexity index is 1600. The summed E-state index contributed by atoms with van der Waals surface area (Å²) in [5.74, 6) is 0.796. The number of Topliss-reactive ketones (excluding diaryl/α,β-unsaturated/α-hetero) is 1. The van der Waals surface area contributed by atoms with Crippen LogP contribution < -0.4 is 10.3 Å². The number of benzene rings is 3. The van der Waals surface area contributed by atoms with Gasteiger partial charge in [0.15, 0.2) is 10.9 Å². The number of nitrogens with zero attached hydrogens (tertiary/aromatic N) is 2. The van der Waals surface area contributed by atoms with E-state index in [-0.39, 0.29) is 17.1 Å². The molecule has 0 bridgehead atoms. The second-order valence-electron chi connectivity index (χ2n) is 8.09. The van der Waals surface area contributed by atoms with Gasteiger partial charge in [-0.25, -0.2) is 4.98 Å². The number of aromatic nitrogens is 3. The molecule has 5 aromatic rings. The third kappa shape index (κ3) is 3.78. The third-order valence-electron chi connectivity index (χ3n) is 6.06. The van der Waals surface area contributed by atoms with Crippen molar-refractivity contribution in [1.29, 1.82) is 0 Å². The van der Waals surface area contributed by atoms with Crippen LogP contribution in [0, 0.1) is 13.8 Å². The van der Waals surface area contributed by atoms with Crippen LogP contribution in [0.15, 0.2) is 76.7 Å². The Kier molecular flexibility index (Phi) is 5.71. The SMILES string of the molecule is COc1ccc(C(=O)CSc2nc3c([nH]c4ccccc43)c(=O)n2-c2cccc(C)c2C)cc1. The fourth-order valence-electron chi connectivity index (χ4n) is 4.02. The fraction of sp³-hybridized carbons (Fsp3) is 0.148. The molecule has 5 rings (SSSR count). The van der Waals surface area contributed by atoms with Crippen LogP contribution in [0.3, 0.4) is 0 Å². The van der Waals surface area contributed by atoms with E-state index in [0.717, 1.165) is 27.7 Å². The summed E-state index contributed by atoms with van der Waals surface area (Å²) in [6, 6.07) is 20.6. The van der Waals surface area contributed by atoms with Crippen molar-refractivity contribution in [2.75, 3.05) is 12.9 Å². The number of ether oxygens (including phenoxy) is 1. The minimum absolute atomic E-state index is 0.0477. The van der Waals surface area contributed by atoms with Crippen LogP contribution in [0.25, 0.3) is 27.6 Å². The highest BCUT2D eigenvalue weighted by Gasteiger charge is 2.19. The van der Waals surface area contributed by atoms with Crippen LogP contribution in [0.5, 0.6) is 5.75 Å². The quantitative estimate of drug-likeness (QED) is 0.203. The molecule has 0 aliphatic carbocycles. The van der Waals surface area contributed by atoms with E-state index >= 15 is 0 Å². The zero-order chi connectivity index (χ0) is 23.8. The van der Waals surface area contributed by atoms with E-state index in [1.54, 1.807) is 35.9 Å². The summed E-state index contributed by atoms with van der Waals surface area (Å²) in [6.07, 6.45) is 0. The van der Waals surface area contributed by atoms with Crippen LogP contribution >= 0.6 is 11.8 Å². The molecule has 0 atom stereocenters. The van der Waals surface area contributed by atoms with Crippen molar-refractivity contribution in [2.24, 2.45) is 0 Å². The van der Waals surface area contributed by atoms with Gasteiger partial charge in [0.2, 0.25) is 0 Å². The summed E-state index contributed by atoms with van der Waals surface area (Å²) in [7, 11) is 1.59. The van der Waals surface area contributed by atoms with Crippen molar-refractivity contribution < 1.29 is 9.53 Å². The van der Waals surface area contributed by atoms with Crippen molar-refractivity contribution in [1.82, 2.24) is 14.5 Å². The van der Waals surface area contributed by atoms with E-state index in [9.17, 15) is 9.59 Å². The predicted molar refractivity (Wildman–Crippen MR) is 137 cm³/mol. The first-order chi connectivity index (χ1) is 16.5. The Balaban J connectivity index is 1.63. The highest BCUT2D eigenvalue weighted by atomic mass is 32.2. The molecule has 1 N–H and O–H groups in total. The second-order valence-corrected chi connectivity index (χ2v) is 9.03. The molecule has 3 aromatic carbocycles. The van der Waals surface area contributed by atoms with E-state index in [0.29, 0.717) is 27.5 Å². The van der Waals surface area contributed by atoms with E-state index in [1.807, 2.05) is 56.3 Å². The molecule has 170 valence electrons. The maximum absolute atomic E-state index is 13.7. The maximum atomic E-state index is 13.7. The molecule has 0 aliphatic heterocycles. The number of fused-ring (bicyclic) bond motifs is 3. The Morgan fingerprint density at radius 3 is 2.56 bits per heavy atom. The number of aromatic amines is 1. The Morgan fingerprint density at radius 2 is 1.79 bits per heavy atom. The standard InChI is InChI=1S/C27H23N3O3S/c1-16-7-6-10-22(17(16)2)30-26(32)25-24(20-8-4-5-9-21(20)28-25)29-27(30)34-15-23(31)18-11-13-19(33-3)14-12-18/h4-14,28H,15H2,1-3H3. The zero-order valence-electron chi connectivity index (χ0n) is 19.1. The van der Waals surface area contributed by atoms with Gasteiger partial charge in [-0.3, -0.25) is 14.2 Å². The lowest BCUT2D eigenvalue weighted by atomic mass is 10.1. The summed E-state index contributed by atoms with van der Waals surface area (Å²) in [5.41, 5.74) is 5.14. The van der Waals surface area contributed by atoms with Gasteiger partial charge in [0, 0.05) is 16.5 Å². The van der Waals surface area contributed by atoms with Crippen LogP contribution in [0.2, 0.25) is 0 Å². The van der Waals surface area contributed by atoms with Gasteiger partial charge < -0.3 is 9.72 Å². The fourth-order valence-corrected chi connectivity index (χ4v) is 4.91. The molecule has 2 aromatic heterocycles. The van der Waals surface area contributed by atoms with Gasteiger partial charge in [0.1, 0.15) is 16.8 Å². The third-order valence-corrected chi connectivity index (χ3v) is 6.99. The van der Waals surface area contributed by atoms with E-state index in [2.05, 4.69) is 4.98 Å². The van der Waals surface area contributed by atoms with Crippen molar-refractivity contribution in [3.8, 4) is 11.4 Å². The van der Waals surface area contributed by atoms with Crippen molar-refractivity contribution in [3.05, 3.63) is 93.8 Å². The van der Waals surface area contributed by atoms with Gasteiger partial charge >= 0.3 is 0 Å². The van der Waals surface area contributed by atoms with Crippen molar-refractivity contribution in [3.63, 3.8) is 0 Å². The lowest BCUT2D eigenvalue weighted by Crippen LogP contribution is -2.23. The predicted octanol–water partition coefficient (Wildman–Crippen LogP) is 5.47. The number of methoxy groups -OCH3 is 1. The largest absolute Gasteiger partial charge is 0.497 e. The number of rotatable bonds is 6. The summed E-state index contributed by atoms with van der Waals surface area (Å²) in [4.78, 5) is 34.8. The van der Waals surface area contributed by atoms with Gasteiger partial charge in [-0.05, 0) is 61.4 Å². The average Bonchev–Trinajstić information content (AvgIpc) is 3.24. The summed E-state index contributed by atoms with van der Waals surface area (Å²) in [6.45, 7) is 4.00. The van der Waals surface area contributed by atoms with E-state index in [4.69, 9.17) is 9.72 Å². The minimum atomic E-state index is -0.186. The van der Waals surface area contributed by atoms with Gasteiger partial charge in [0.25, 0.3) is 5.56 Å². The molecule has 7 heteroatoms. The smallest absolute Gasteiger partial charge is 0.283 e. The van der Waals surface area contributed by atoms with Crippen molar-refractivity contribution >= 4 is 39.5 Å². The van der Waals surface area contributed by atoms with Gasteiger partial charge in [-0.15, -0.1) is 0 Å². The van der Waals surface area contributed by atoms with Crippen LogP contribution in [-0.2, 0) is 0 Å². The first-order valence-electron chi connectivity index (χ1n) is 10.9. The molecule has 6 nitrogen and oxygen atoms in total. The van der Waals surface area contributed by atoms with E-state index < -0.39 is 0 Å². The molecule has 0 saturated heterocycles. The van der Waals surface area contributed by atoms with Gasteiger partial charge in [-0.2, -0.15) is 0 Å². The van der Waals surface area contributed by atoms with Crippen LogP contribution in [-0.4, -0.2) is 33.2 Å². The first kappa shape index (κ1) is 22.0. The monoisotopic (exact) mass is 469 g/mol. The number of ketones is 1. The molecule has 0 amide bonds. The van der Waals surface area contributed by atoms with Crippen molar-refractivity contribution in [2.45, 2.75) is 19.0 Å². The molecular formula is C27H23N3O3S. The summed E-state index contributed by atoms with van der Waals surface area (Å²) < 4.78 is 6.79. The first-order valence-corrected chi connectivity index (χ1v) is 11.9. The highest BCUT2D eigenvalue weighted by molar-refractivity contribution is 7.99. The molecule has 34 heavy (non-hydrogen) atoms. The lowest BCUT2D eigenvalue weighted by Gasteiger charge is -2.15. The zero-order valence-corrected chi connectivity index (χ0v) is 19.9. The molecule has 0 fully saturated rings. The molecular weight excluding hydrogens is 446 g/mol. The molecule has 0 aliphatic rings. The number of nitrogens with one attached hydrogen (secondary N) is 1. The van der Waals surface area contributed by atoms with Gasteiger partial charge in [0.05, 0.1) is 18.6 Å². The topological polar surface area (TPSA) is 77.0 Å². The molecule has 2 heterocycles. The minimum Gasteiger partial charge on any atom is -0.497 e. The number of para-hydroxylation sites is 1. The highest BCUT2D eigenvalue weighted by Crippen LogP contribution is 2.28. The molecule has 0 radical (unpaired) electrons. The van der Waals surface area contributed by atoms with E-state index in [1.165, 1.54) is 11.8 Å². The number of aryl methyl sites for hydroxylation is 1. The normalized spacial score (nSPS) is 11.3. The number of carbonyl (C=O) groups excluding carboxylic acids is 1. The Morgan fingerprint density at radius 1 is 1.03 bits per heavy atom. The molecule has 0 spiro atoms. The average molecular weight is 470 g/mol. The number of carbonyl (C=O) groups is 1.